The Morgan fingerprint density at radius 2 is 1.95 bits per heavy atom. The van der Waals surface area contributed by atoms with E-state index in [0.29, 0.717) is 5.92 Å². The van der Waals surface area contributed by atoms with Crippen LogP contribution in [0.2, 0.25) is 0 Å². The number of likely N-dealkylation sites (N-methyl/N-ethyl adjacent to an activating group) is 1. The lowest BCUT2D eigenvalue weighted by Gasteiger charge is -2.37. The SMILES string of the molecule is CC1CCCCC1N(C)C(=O)C(N)CCS(C)(=O)=O. The van der Waals surface area contributed by atoms with Crippen molar-refractivity contribution in [3.05, 3.63) is 0 Å². The zero-order valence-electron chi connectivity index (χ0n) is 12.1. The van der Waals surface area contributed by atoms with E-state index in [4.69, 9.17) is 5.73 Å². The third-order valence-corrected chi connectivity index (χ3v) is 5.01. The summed E-state index contributed by atoms with van der Waals surface area (Å²) >= 11 is 0. The third-order valence-electron chi connectivity index (χ3n) is 4.03. The van der Waals surface area contributed by atoms with Crippen molar-refractivity contribution in [2.24, 2.45) is 11.7 Å². The number of carbonyl (C=O) groups is 1. The van der Waals surface area contributed by atoms with E-state index in [-0.39, 0.29) is 24.1 Å². The fourth-order valence-corrected chi connectivity index (χ4v) is 3.44. The van der Waals surface area contributed by atoms with Gasteiger partial charge in [0.05, 0.1) is 11.8 Å². The molecule has 0 saturated heterocycles. The second kappa shape index (κ2) is 6.70. The van der Waals surface area contributed by atoms with Crippen molar-refractivity contribution >= 4 is 15.7 Å². The van der Waals surface area contributed by atoms with E-state index in [1.807, 2.05) is 0 Å². The third kappa shape index (κ3) is 5.10. The molecule has 0 radical (unpaired) electrons. The van der Waals surface area contributed by atoms with Crippen LogP contribution in [-0.2, 0) is 14.6 Å². The monoisotopic (exact) mass is 290 g/mol. The van der Waals surface area contributed by atoms with E-state index >= 15 is 0 Å². The minimum absolute atomic E-state index is 0.0338. The number of carbonyl (C=O) groups excluding carboxylic acids is 1. The molecule has 0 heterocycles. The largest absolute Gasteiger partial charge is 0.341 e. The lowest BCUT2D eigenvalue weighted by molar-refractivity contribution is -0.135. The molecule has 0 aromatic carbocycles. The van der Waals surface area contributed by atoms with Crippen LogP contribution in [0.1, 0.15) is 39.0 Å². The zero-order chi connectivity index (χ0) is 14.6. The van der Waals surface area contributed by atoms with Crippen LogP contribution in [0.4, 0.5) is 0 Å². The van der Waals surface area contributed by atoms with E-state index in [0.717, 1.165) is 25.5 Å². The van der Waals surface area contributed by atoms with Gasteiger partial charge in [0.1, 0.15) is 9.84 Å². The minimum Gasteiger partial charge on any atom is -0.341 e. The Morgan fingerprint density at radius 3 is 2.47 bits per heavy atom. The van der Waals surface area contributed by atoms with Gasteiger partial charge in [-0.2, -0.15) is 0 Å². The van der Waals surface area contributed by atoms with Crippen LogP contribution in [0.25, 0.3) is 0 Å². The first-order valence-corrected chi connectivity index (χ1v) is 8.98. The number of hydrogen-bond acceptors (Lipinski definition) is 4. The van der Waals surface area contributed by atoms with Crippen molar-refractivity contribution in [2.45, 2.75) is 51.1 Å². The highest BCUT2D eigenvalue weighted by molar-refractivity contribution is 7.90. The lowest BCUT2D eigenvalue weighted by atomic mass is 9.85. The molecule has 5 nitrogen and oxygen atoms in total. The topological polar surface area (TPSA) is 80.5 Å². The molecule has 0 aromatic heterocycles. The van der Waals surface area contributed by atoms with Gasteiger partial charge in [-0.1, -0.05) is 19.8 Å². The molecule has 112 valence electrons. The molecule has 3 unspecified atom stereocenters. The molecule has 1 rings (SSSR count). The van der Waals surface area contributed by atoms with E-state index in [1.54, 1.807) is 11.9 Å². The van der Waals surface area contributed by atoms with E-state index < -0.39 is 15.9 Å². The molecular weight excluding hydrogens is 264 g/mol. The average molecular weight is 290 g/mol. The molecule has 0 aliphatic heterocycles. The van der Waals surface area contributed by atoms with Crippen molar-refractivity contribution < 1.29 is 13.2 Å². The van der Waals surface area contributed by atoms with Gasteiger partial charge in [0, 0.05) is 19.3 Å². The maximum Gasteiger partial charge on any atom is 0.239 e. The maximum atomic E-state index is 12.2. The molecule has 1 amide bonds. The highest BCUT2D eigenvalue weighted by Crippen LogP contribution is 2.27. The molecule has 1 fully saturated rings. The van der Waals surface area contributed by atoms with Gasteiger partial charge in [0.15, 0.2) is 0 Å². The summed E-state index contributed by atoms with van der Waals surface area (Å²) in [5.74, 6) is 0.320. The molecule has 3 atom stereocenters. The average Bonchev–Trinajstić information content (AvgIpc) is 2.34. The normalized spacial score (nSPS) is 25.9. The molecule has 1 aliphatic rings. The fourth-order valence-electron chi connectivity index (χ4n) is 2.76. The summed E-state index contributed by atoms with van der Waals surface area (Å²) in [6.45, 7) is 2.16. The lowest BCUT2D eigenvalue weighted by Crippen LogP contribution is -2.49. The Hall–Kier alpha value is -0.620. The minimum atomic E-state index is -3.06. The number of rotatable bonds is 5. The molecule has 0 aromatic rings. The summed E-state index contributed by atoms with van der Waals surface area (Å²) in [6.07, 6.45) is 5.88. The van der Waals surface area contributed by atoms with Crippen molar-refractivity contribution in [3.63, 3.8) is 0 Å². The van der Waals surface area contributed by atoms with E-state index in [2.05, 4.69) is 6.92 Å². The summed E-state index contributed by atoms with van der Waals surface area (Å²) < 4.78 is 22.2. The van der Waals surface area contributed by atoms with Crippen LogP contribution in [0.3, 0.4) is 0 Å². The van der Waals surface area contributed by atoms with Gasteiger partial charge in [-0.05, 0) is 25.2 Å². The summed E-state index contributed by atoms with van der Waals surface area (Å²) in [4.78, 5) is 13.9. The predicted octanol–water partition coefficient (Wildman–Crippen LogP) is 0.786. The van der Waals surface area contributed by atoms with Gasteiger partial charge in [-0.25, -0.2) is 8.42 Å². The van der Waals surface area contributed by atoms with Crippen molar-refractivity contribution in [3.8, 4) is 0 Å². The molecular formula is C13H26N2O3S. The Balaban J connectivity index is 2.55. The smallest absolute Gasteiger partial charge is 0.239 e. The van der Waals surface area contributed by atoms with Gasteiger partial charge in [-0.15, -0.1) is 0 Å². The van der Waals surface area contributed by atoms with Crippen molar-refractivity contribution in [2.75, 3.05) is 19.1 Å². The Morgan fingerprint density at radius 1 is 1.37 bits per heavy atom. The quantitative estimate of drug-likeness (QED) is 0.811. The highest BCUT2D eigenvalue weighted by atomic mass is 32.2. The Bertz CT molecular complexity index is 408. The molecule has 1 aliphatic carbocycles. The summed E-state index contributed by atoms with van der Waals surface area (Å²) in [5, 5.41) is 0. The van der Waals surface area contributed by atoms with Gasteiger partial charge < -0.3 is 10.6 Å². The van der Waals surface area contributed by atoms with Gasteiger partial charge in [-0.3, -0.25) is 4.79 Å². The molecule has 0 bridgehead atoms. The number of nitrogens with zero attached hydrogens (tertiary/aromatic N) is 1. The van der Waals surface area contributed by atoms with Crippen LogP contribution in [-0.4, -0.2) is 50.4 Å². The van der Waals surface area contributed by atoms with E-state index in [9.17, 15) is 13.2 Å². The molecule has 19 heavy (non-hydrogen) atoms. The fraction of sp³-hybridized carbons (Fsp3) is 0.923. The Kier molecular flexibility index (Phi) is 5.80. The van der Waals surface area contributed by atoms with Crippen LogP contribution >= 0.6 is 0 Å². The second-order valence-electron chi connectivity index (χ2n) is 5.80. The van der Waals surface area contributed by atoms with Crippen LogP contribution in [0.15, 0.2) is 0 Å². The first kappa shape index (κ1) is 16.4. The number of sulfone groups is 1. The molecule has 0 spiro atoms. The van der Waals surface area contributed by atoms with Crippen LogP contribution in [0, 0.1) is 5.92 Å². The predicted molar refractivity (Wildman–Crippen MR) is 76.5 cm³/mol. The standard InChI is InChI=1S/C13H26N2O3S/c1-10-6-4-5-7-12(10)15(2)13(16)11(14)8-9-19(3,17)18/h10-12H,4-9,14H2,1-3H3. The molecule has 6 heteroatoms. The number of hydrogen-bond donors (Lipinski definition) is 1. The number of amides is 1. The van der Waals surface area contributed by atoms with Gasteiger partial charge in [0.2, 0.25) is 5.91 Å². The Labute approximate surface area is 116 Å². The molecule has 1 saturated carbocycles. The van der Waals surface area contributed by atoms with Crippen molar-refractivity contribution in [1.29, 1.82) is 0 Å². The second-order valence-corrected chi connectivity index (χ2v) is 8.06. The van der Waals surface area contributed by atoms with Gasteiger partial charge >= 0.3 is 0 Å². The first-order valence-electron chi connectivity index (χ1n) is 6.92. The van der Waals surface area contributed by atoms with Crippen LogP contribution in [0.5, 0.6) is 0 Å². The summed E-state index contributed by atoms with van der Waals surface area (Å²) in [6, 6.07) is -0.473. The van der Waals surface area contributed by atoms with E-state index in [1.165, 1.54) is 6.42 Å². The highest BCUT2D eigenvalue weighted by Gasteiger charge is 2.30. The maximum absolute atomic E-state index is 12.2. The molecule has 2 N–H and O–H groups in total. The van der Waals surface area contributed by atoms with Crippen LogP contribution < -0.4 is 5.73 Å². The summed E-state index contributed by atoms with van der Waals surface area (Å²) in [7, 11) is -1.28. The van der Waals surface area contributed by atoms with Crippen molar-refractivity contribution in [1.82, 2.24) is 4.90 Å². The first-order chi connectivity index (χ1) is 8.72. The zero-order valence-corrected chi connectivity index (χ0v) is 12.9. The van der Waals surface area contributed by atoms with Gasteiger partial charge in [0.25, 0.3) is 0 Å². The number of nitrogens with two attached hydrogens (primary N) is 1. The summed E-state index contributed by atoms with van der Waals surface area (Å²) in [5.41, 5.74) is 5.82.